The zero-order valence-corrected chi connectivity index (χ0v) is 16.1. The summed E-state index contributed by atoms with van der Waals surface area (Å²) in [7, 11) is 0. The van der Waals surface area contributed by atoms with Gasteiger partial charge < -0.3 is 4.74 Å². The van der Waals surface area contributed by atoms with E-state index in [1.54, 1.807) is 0 Å². The highest BCUT2D eigenvalue weighted by Crippen LogP contribution is 2.11. The van der Waals surface area contributed by atoms with E-state index in [0.29, 0.717) is 18.8 Å². The third kappa shape index (κ3) is 19.5. The standard InChI is InChI=1S/C20H38O2S/c1-2-3-4-5-6-7-8-9-10-11-12-13-14-15-16-17-20(21)22-18-19-23/h13-14,23H,2-12,15-19H2,1H3/b14-13+. The monoisotopic (exact) mass is 342 g/mol. The molecule has 0 unspecified atom stereocenters. The third-order valence-corrected chi connectivity index (χ3v) is 4.18. The minimum Gasteiger partial charge on any atom is -0.465 e. The van der Waals surface area contributed by atoms with Crippen molar-refractivity contribution in [3.05, 3.63) is 12.2 Å². The van der Waals surface area contributed by atoms with Crippen LogP contribution in [0.4, 0.5) is 0 Å². The number of hydrogen-bond acceptors (Lipinski definition) is 3. The van der Waals surface area contributed by atoms with E-state index in [9.17, 15) is 4.79 Å². The Hall–Kier alpha value is -0.440. The Kier molecular flexibility index (Phi) is 19.2. The summed E-state index contributed by atoms with van der Waals surface area (Å²) in [6.07, 6.45) is 21.9. The van der Waals surface area contributed by atoms with Crippen molar-refractivity contribution < 1.29 is 9.53 Å². The largest absolute Gasteiger partial charge is 0.465 e. The molecular formula is C20H38O2S. The molecule has 0 aliphatic rings. The molecule has 0 amide bonds. The molecule has 0 N–H and O–H groups in total. The third-order valence-electron chi connectivity index (χ3n) is 4.00. The molecule has 0 saturated carbocycles. The van der Waals surface area contributed by atoms with Gasteiger partial charge in [-0.15, -0.1) is 0 Å². The highest BCUT2D eigenvalue weighted by atomic mass is 32.1. The summed E-state index contributed by atoms with van der Waals surface area (Å²) >= 11 is 4.01. The van der Waals surface area contributed by atoms with Crippen molar-refractivity contribution in [1.82, 2.24) is 0 Å². The van der Waals surface area contributed by atoms with Gasteiger partial charge in [0.25, 0.3) is 0 Å². The predicted molar refractivity (Wildman–Crippen MR) is 104 cm³/mol. The average molecular weight is 343 g/mol. The van der Waals surface area contributed by atoms with Gasteiger partial charge >= 0.3 is 5.97 Å². The fourth-order valence-corrected chi connectivity index (χ4v) is 2.67. The summed E-state index contributed by atoms with van der Waals surface area (Å²) in [5.74, 6) is 0.506. The number of hydrogen-bond donors (Lipinski definition) is 1. The minimum absolute atomic E-state index is 0.0952. The van der Waals surface area contributed by atoms with Crippen molar-refractivity contribution in [2.45, 2.75) is 96.8 Å². The number of esters is 1. The predicted octanol–water partition coefficient (Wildman–Crippen LogP) is 6.50. The molecule has 0 rings (SSSR count). The van der Waals surface area contributed by atoms with Crippen LogP contribution in [0.3, 0.4) is 0 Å². The second kappa shape index (κ2) is 19.6. The molecule has 0 radical (unpaired) electrons. The quantitative estimate of drug-likeness (QED) is 0.141. The summed E-state index contributed by atoms with van der Waals surface area (Å²) in [6, 6.07) is 0. The van der Waals surface area contributed by atoms with Crippen LogP contribution >= 0.6 is 12.6 Å². The smallest absolute Gasteiger partial charge is 0.305 e. The normalized spacial score (nSPS) is 11.2. The Morgan fingerprint density at radius 1 is 0.826 bits per heavy atom. The second-order valence-corrected chi connectivity index (χ2v) is 6.73. The van der Waals surface area contributed by atoms with Gasteiger partial charge in [-0.25, -0.2) is 0 Å². The lowest BCUT2D eigenvalue weighted by Gasteiger charge is -2.01. The van der Waals surface area contributed by atoms with Gasteiger partial charge in [-0.2, -0.15) is 12.6 Å². The van der Waals surface area contributed by atoms with Gasteiger partial charge in [0.15, 0.2) is 0 Å². The Morgan fingerprint density at radius 2 is 1.35 bits per heavy atom. The molecule has 23 heavy (non-hydrogen) atoms. The molecule has 0 aromatic carbocycles. The first kappa shape index (κ1) is 22.6. The van der Waals surface area contributed by atoms with Crippen molar-refractivity contribution in [1.29, 1.82) is 0 Å². The molecule has 3 heteroatoms. The number of carbonyl (C=O) groups excluding carboxylic acids is 1. The van der Waals surface area contributed by atoms with Gasteiger partial charge in [-0.3, -0.25) is 4.79 Å². The van der Waals surface area contributed by atoms with E-state index >= 15 is 0 Å². The van der Waals surface area contributed by atoms with Crippen LogP contribution in [-0.4, -0.2) is 18.3 Å². The highest BCUT2D eigenvalue weighted by molar-refractivity contribution is 7.80. The minimum atomic E-state index is -0.0952. The molecule has 0 aromatic heterocycles. The van der Waals surface area contributed by atoms with Crippen molar-refractivity contribution in [2.24, 2.45) is 0 Å². The van der Waals surface area contributed by atoms with E-state index < -0.39 is 0 Å². The van der Waals surface area contributed by atoms with Gasteiger partial charge in [0.2, 0.25) is 0 Å². The zero-order chi connectivity index (χ0) is 17.0. The maximum absolute atomic E-state index is 11.3. The number of carbonyl (C=O) groups is 1. The molecule has 0 bridgehead atoms. The number of rotatable bonds is 17. The first-order valence-corrected chi connectivity index (χ1v) is 10.4. The summed E-state index contributed by atoms with van der Waals surface area (Å²) in [5.41, 5.74) is 0. The second-order valence-electron chi connectivity index (χ2n) is 6.28. The van der Waals surface area contributed by atoms with Crippen LogP contribution in [0, 0.1) is 0 Å². The van der Waals surface area contributed by atoms with Crippen LogP contribution in [0.15, 0.2) is 12.2 Å². The van der Waals surface area contributed by atoms with E-state index in [-0.39, 0.29) is 5.97 Å². The van der Waals surface area contributed by atoms with E-state index in [1.165, 1.54) is 70.6 Å². The summed E-state index contributed by atoms with van der Waals surface area (Å²) in [6.45, 7) is 2.70. The molecule has 0 saturated heterocycles. The van der Waals surface area contributed by atoms with E-state index in [4.69, 9.17) is 4.74 Å². The van der Waals surface area contributed by atoms with E-state index in [2.05, 4.69) is 31.7 Å². The van der Waals surface area contributed by atoms with Crippen LogP contribution < -0.4 is 0 Å². The molecule has 0 heterocycles. The molecule has 0 fully saturated rings. The highest BCUT2D eigenvalue weighted by Gasteiger charge is 1.99. The van der Waals surface area contributed by atoms with Gasteiger partial charge in [0.1, 0.15) is 6.61 Å². The summed E-state index contributed by atoms with van der Waals surface area (Å²) < 4.78 is 4.97. The van der Waals surface area contributed by atoms with Gasteiger partial charge in [0, 0.05) is 12.2 Å². The van der Waals surface area contributed by atoms with Crippen LogP contribution in [0.2, 0.25) is 0 Å². The van der Waals surface area contributed by atoms with Crippen molar-refractivity contribution in [3.8, 4) is 0 Å². The molecule has 2 nitrogen and oxygen atoms in total. The molecule has 0 aromatic rings. The molecular weight excluding hydrogens is 304 g/mol. The average Bonchev–Trinajstić information content (AvgIpc) is 2.56. The molecule has 0 atom stereocenters. The Labute approximate surface area is 149 Å². The topological polar surface area (TPSA) is 26.3 Å². The Balaban J connectivity index is 3.15. The van der Waals surface area contributed by atoms with Gasteiger partial charge in [-0.1, -0.05) is 76.9 Å². The molecule has 136 valence electrons. The Morgan fingerprint density at radius 3 is 1.91 bits per heavy atom. The van der Waals surface area contributed by atoms with Crippen molar-refractivity contribution in [2.75, 3.05) is 12.4 Å². The number of thiol groups is 1. The zero-order valence-electron chi connectivity index (χ0n) is 15.2. The Bertz CT molecular complexity index is 277. The SMILES string of the molecule is CCCCCCCCCCCC/C=C/CCCC(=O)OCCS. The molecule has 0 spiro atoms. The molecule has 0 aliphatic heterocycles. The first-order valence-electron chi connectivity index (χ1n) is 9.72. The lowest BCUT2D eigenvalue weighted by atomic mass is 10.1. The number of unbranched alkanes of at least 4 members (excludes halogenated alkanes) is 11. The van der Waals surface area contributed by atoms with Crippen LogP contribution in [-0.2, 0) is 9.53 Å². The fraction of sp³-hybridized carbons (Fsp3) is 0.850. The number of allylic oxidation sites excluding steroid dienone is 2. The van der Waals surface area contributed by atoms with E-state index in [0.717, 1.165) is 12.8 Å². The maximum atomic E-state index is 11.3. The van der Waals surface area contributed by atoms with Gasteiger partial charge in [0.05, 0.1) is 0 Å². The van der Waals surface area contributed by atoms with Crippen LogP contribution in [0.1, 0.15) is 96.8 Å². The maximum Gasteiger partial charge on any atom is 0.305 e. The number of ether oxygens (including phenoxy) is 1. The van der Waals surface area contributed by atoms with Crippen molar-refractivity contribution in [3.63, 3.8) is 0 Å². The lowest BCUT2D eigenvalue weighted by molar-refractivity contribution is -0.143. The fourth-order valence-electron chi connectivity index (χ4n) is 2.58. The van der Waals surface area contributed by atoms with Crippen LogP contribution in [0.5, 0.6) is 0 Å². The first-order chi connectivity index (χ1) is 11.3. The summed E-state index contributed by atoms with van der Waals surface area (Å²) in [4.78, 5) is 11.3. The van der Waals surface area contributed by atoms with Gasteiger partial charge in [-0.05, 0) is 25.7 Å². The van der Waals surface area contributed by atoms with Crippen molar-refractivity contribution >= 4 is 18.6 Å². The lowest BCUT2D eigenvalue weighted by Crippen LogP contribution is -2.05. The van der Waals surface area contributed by atoms with Crippen LogP contribution in [0.25, 0.3) is 0 Å². The molecule has 0 aliphatic carbocycles. The van der Waals surface area contributed by atoms with E-state index in [1.807, 2.05) is 0 Å². The summed E-state index contributed by atoms with van der Waals surface area (Å²) in [5, 5.41) is 0.